The normalized spacial score (nSPS) is 15.8. The van der Waals surface area contributed by atoms with E-state index in [0.29, 0.717) is 6.54 Å². The van der Waals surface area contributed by atoms with E-state index in [4.69, 9.17) is 4.98 Å². The molecular weight excluding hydrogens is 406 g/mol. The smallest absolute Gasteiger partial charge is 0.234 e. The second kappa shape index (κ2) is 8.93. The molecule has 0 bridgehead atoms. The highest BCUT2D eigenvalue weighted by atomic mass is 32.1. The summed E-state index contributed by atoms with van der Waals surface area (Å²) in [5.74, 6) is 1.11. The predicted octanol–water partition coefficient (Wildman–Crippen LogP) is 4.09. The van der Waals surface area contributed by atoms with Crippen LogP contribution in [0.15, 0.2) is 36.7 Å². The van der Waals surface area contributed by atoms with Crippen LogP contribution >= 0.6 is 11.3 Å². The van der Waals surface area contributed by atoms with Crippen molar-refractivity contribution in [3.05, 3.63) is 42.2 Å². The Labute approximate surface area is 188 Å². The number of thiophene rings is 1. The van der Waals surface area contributed by atoms with Gasteiger partial charge in [-0.25, -0.2) is 9.97 Å². The van der Waals surface area contributed by atoms with Gasteiger partial charge in [0.25, 0.3) is 0 Å². The van der Waals surface area contributed by atoms with Crippen molar-refractivity contribution in [3.63, 3.8) is 0 Å². The van der Waals surface area contributed by atoms with Gasteiger partial charge >= 0.3 is 0 Å². The SMILES string of the molecule is Cc1c(-c2ccccc2)sc2ncnc(N3CCCN(CC(=O)NC(C)(C)C)CC3)c12. The van der Waals surface area contributed by atoms with Crippen molar-refractivity contribution in [1.82, 2.24) is 20.2 Å². The van der Waals surface area contributed by atoms with Crippen LogP contribution in [0.25, 0.3) is 20.7 Å². The predicted molar refractivity (Wildman–Crippen MR) is 129 cm³/mol. The molecule has 7 heteroatoms. The molecule has 3 aromatic rings. The maximum Gasteiger partial charge on any atom is 0.234 e. The van der Waals surface area contributed by atoms with E-state index in [1.54, 1.807) is 17.7 Å². The number of carbonyl (C=O) groups excluding carboxylic acids is 1. The number of benzene rings is 1. The topological polar surface area (TPSA) is 61.4 Å². The third kappa shape index (κ3) is 5.05. The second-order valence-corrected chi connectivity index (χ2v) is 10.2. The Balaban J connectivity index is 1.54. The van der Waals surface area contributed by atoms with Crippen molar-refractivity contribution in [1.29, 1.82) is 0 Å². The highest BCUT2D eigenvalue weighted by Crippen LogP contribution is 2.40. The summed E-state index contributed by atoms with van der Waals surface area (Å²) in [5, 5.41) is 4.22. The Hall–Kier alpha value is -2.51. The Morgan fingerprint density at radius 2 is 1.87 bits per heavy atom. The minimum Gasteiger partial charge on any atom is -0.355 e. The third-order valence-electron chi connectivity index (χ3n) is 5.51. The van der Waals surface area contributed by atoms with Crippen molar-refractivity contribution < 1.29 is 4.79 Å². The first-order valence-corrected chi connectivity index (χ1v) is 11.7. The minimum atomic E-state index is -0.200. The van der Waals surface area contributed by atoms with Gasteiger partial charge in [-0.15, -0.1) is 11.3 Å². The third-order valence-corrected chi connectivity index (χ3v) is 6.76. The summed E-state index contributed by atoms with van der Waals surface area (Å²) in [5.41, 5.74) is 2.27. The summed E-state index contributed by atoms with van der Waals surface area (Å²) in [7, 11) is 0. The van der Waals surface area contributed by atoms with Crippen LogP contribution in [0.5, 0.6) is 0 Å². The van der Waals surface area contributed by atoms with Gasteiger partial charge < -0.3 is 10.2 Å². The first kappa shape index (κ1) is 21.7. The zero-order chi connectivity index (χ0) is 22.0. The fourth-order valence-electron chi connectivity index (χ4n) is 4.16. The van der Waals surface area contributed by atoms with Crippen LogP contribution < -0.4 is 10.2 Å². The van der Waals surface area contributed by atoms with E-state index in [-0.39, 0.29) is 11.4 Å². The lowest BCUT2D eigenvalue weighted by Crippen LogP contribution is -2.46. The van der Waals surface area contributed by atoms with E-state index < -0.39 is 0 Å². The van der Waals surface area contributed by atoms with E-state index in [1.807, 2.05) is 26.8 Å². The van der Waals surface area contributed by atoms with Gasteiger partial charge in [-0.3, -0.25) is 9.69 Å². The van der Waals surface area contributed by atoms with Gasteiger partial charge in [0.1, 0.15) is 17.0 Å². The van der Waals surface area contributed by atoms with E-state index in [1.165, 1.54) is 16.0 Å². The molecule has 1 N–H and O–H groups in total. The summed E-state index contributed by atoms with van der Waals surface area (Å²) in [4.78, 5) is 28.5. The monoisotopic (exact) mass is 437 g/mol. The van der Waals surface area contributed by atoms with Crippen LogP contribution in [0.4, 0.5) is 5.82 Å². The molecule has 3 heterocycles. The molecule has 31 heavy (non-hydrogen) atoms. The van der Waals surface area contributed by atoms with Gasteiger partial charge in [-0.05, 0) is 45.2 Å². The summed E-state index contributed by atoms with van der Waals surface area (Å²) >= 11 is 1.73. The van der Waals surface area contributed by atoms with Crippen molar-refractivity contribution >= 4 is 33.3 Å². The average molecular weight is 438 g/mol. The summed E-state index contributed by atoms with van der Waals surface area (Å²) in [6.07, 6.45) is 2.69. The number of hydrogen-bond donors (Lipinski definition) is 1. The lowest BCUT2D eigenvalue weighted by atomic mass is 10.1. The lowest BCUT2D eigenvalue weighted by Gasteiger charge is -2.25. The second-order valence-electron chi connectivity index (χ2n) is 9.21. The number of amides is 1. The fraction of sp³-hybridized carbons (Fsp3) is 0.458. The number of nitrogens with one attached hydrogen (secondary N) is 1. The zero-order valence-corrected chi connectivity index (χ0v) is 19.6. The number of anilines is 1. The van der Waals surface area contributed by atoms with E-state index in [2.05, 4.69) is 51.3 Å². The molecule has 0 atom stereocenters. The molecule has 0 unspecified atom stereocenters. The highest BCUT2D eigenvalue weighted by molar-refractivity contribution is 7.22. The quantitative estimate of drug-likeness (QED) is 0.666. The van der Waals surface area contributed by atoms with Gasteiger partial charge in [0.15, 0.2) is 0 Å². The maximum absolute atomic E-state index is 12.4. The number of nitrogens with zero attached hydrogens (tertiary/aromatic N) is 4. The molecule has 1 aliphatic heterocycles. The van der Waals surface area contributed by atoms with E-state index in [9.17, 15) is 4.79 Å². The first-order valence-electron chi connectivity index (χ1n) is 10.9. The van der Waals surface area contributed by atoms with E-state index in [0.717, 1.165) is 48.6 Å². The minimum absolute atomic E-state index is 0.0894. The molecule has 0 saturated carbocycles. The maximum atomic E-state index is 12.4. The molecule has 1 aliphatic rings. The Morgan fingerprint density at radius 3 is 2.61 bits per heavy atom. The molecule has 1 fully saturated rings. The zero-order valence-electron chi connectivity index (χ0n) is 18.8. The van der Waals surface area contributed by atoms with Crippen molar-refractivity contribution in [3.8, 4) is 10.4 Å². The molecule has 2 aromatic heterocycles. The summed E-state index contributed by atoms with van der Waals surface area (Å²) in [6, 6.07) is 10.5. The number of aromatic nitrogens is 2. The molecule has 164 valence electrons. The van der Waals surface area contributed by atoms with Crippen molar-refractivity contribution in [2.45, 2.75) is 39.7 Å². The van der Waals surface area contributed by atoms with Gasteiger partial charge in [0.05, 0.1) is 11.9 Å². The Bertz CT molecular complexity index is 1060. The number of fused-ring (bicyclic) bond motifs is 1. The lowest BCUT2D eigenvalue weighted by molar-refractivity contribution is -0.123. The van der Waals surface area contributed by atoms with Crippen LogP contribution in [0.3, 0.4) is 0 Å². The molecule has 0 radical (unpaired) electrons. The fourth-order valence-corrected chi connectivity index (χ4v) is 5.31. The molecule has 4 rings (SSSR count). The van der Waals surface area contributed by atoms with Crippen LogP contribution in [-0.4, -0.2) is 59.0 Å². The molecule has 1 aromatic carbocycles. The number of hydrogen-bond acceptors (Lipinski definition) is 6. The molecule has 0 spiro atoms. The molecule has 0 aliphatic carbocycles. The number of aryl methyl sites for hydroxylation is 1. The van der Waals surface area contributed by atoms with Gasteiger partial charge in [0.2, 0.25) is 5.91 Å². The van der Waals surface area contributed by atoms with Crippen LogP contribution in [-0.2, 0) is 4.79 Å². The standard InChI is InChI=1S/C24H31N5OS/c1-17-20-22(25-16-26-23(20)31-21(17)18-9-6-5-7-10-18)29-12-8-11-28(13-14-29)15-19(30)27-24(2,3)4/h5-7,9-10,16H,8,11-15H2,1-4H3,(H,27,30). The van der Waals surface area contributed by atoms with Crippen LogP contribution in [0.2, 0.25) is 0 Å². The van der Waals surface area contributed by atoms with Gasteiger partial charge in [-0.1, -0.05) is 30.3 Å². The molecular formula is C24H31N5OS. The molecule has 1 saturated heterocycles. The van der Waals surface area contributed by atoms with Crippen molar-refractivity contribution in [2.24, 2.45) is 0 Å². The van der Waals surface area contributed by atoms with Crippen LogP contribution in [0, 0.1) is 6.92 Å². The number of carbonyl (C=O) groups is 1. The average Bonchev–Trinajstić information content (AvgIpc) is 2.90. The van der Waals surface area contributed by atoms with Gasteiger partial charge in [0, 0.05) is 36.6 Å². The molecule has 6 nitrogen and oxygen atoms in total. The number of rotatable bonds is 4. The largest absolute Gasteiger partial charge is 0.355 e. The summed E-state index contributed by atoms with van der Waals surface area (Å²) in [6.45, 7) is 12.2. The van der Waals surface area contributed by atoms with Crippen LogP contribution in [0.1, 0.15) is 32.8 Å². The Morgan fingerprint density at radius 1 is 1.10 bits per heavy atom. The van der Waals surface area contributed by atoms with Gasteiger partial charge in [-0.2, -0.15) is 0 Å². The molecule has 1 amide bonds. The summed E-state index contributed by atoms with van der Waals surface area (Å²) < 4.78 is 0. The van der Waals surface area contributed by atoms with Crippen molar-refractivity contribution in [2.75, 3.05) is 37.6 Å². The first-order chi connectivity index (χ1) is 14.8. The highest BCUT2D eigenvalue weighted by Gasteiger charge is 2.23. The Kier molecular flexibility index (Phi) is 6.25. The van der Waals surface area contributed by atoms with E-state index >= 15 is 0 Å².